The lowest BCUT2D eigenvalue weighted by Gasteiger charge is -2.35. The number of nitrogens with zero attached hydrogens (tertiary/aromatic N) is 2. The van der Waals surface area contributed by atoms with Gasteiger partial charge in [0.2, 0.25) is 0 Å². The fraction of sp³-hybridized carbons (Fsp3) is 0.316. The third-order valence-electron chi connectivity index (χ3n) is 4.53. The molecule has 1 aliphatic heterocycles. The van der Waals surface area contributed by atoms with Crippen LogP contribution in [-0.2, 0) is 23.3 Å². The second-order valence-electron chi connectivity index (χ2n) is 6.34. The van der Waals surface area contributed by atoms with Crippen molar-refractivity contribution >= 4 is 16.5 Å². The van der Waals surface area contributed by atoms with Gasteiger partial charge in [-0.1, -0.05) is 12.1 Å². The van der Waals surface area contributed by atoms with E-state index in [2.05, 4.69) is 0 Å². The summed E-state index contributed by atoms with van der Waals surface area (Å²) >= 11 is 0. The van der Waals surface area contributed by atoms with Crippen molar-refractivity contribution in [2.45, 2.75) is 19.5 Å². The quantitative estimate of drug-likeness (QED) is 0.709. The van der Waals surface area contributed by atoms with Crippen LogP contribution in [0.25, 0.3) is 0 Å². The number of ether oxygens (including phenoxy) is 1. The molecule has 8 heteroatoms. The highest BCUT2D eigenvalue weighted by Gasteiger charge is 2.34. The minimum atomic E-state index is -3.69. The molecule has 0 spiro atoms. The van der Waals surface area contributed by atoms with E-state index in [9.17, 15) is 17.6 Å². The lowest BCUT2D eigenvalue weighted by atomic mass is 10.1. The van der Waals surface area contributed by atoms with Gasteiger partial charge in [0.05, 0.1) is 7.11 Å². The van der Waals surface area contributed by atoms with Gasteiger partial charge in [-0.05, 0) is 42.3 Å². The second-order valence-corrected chi connectivity index (χ2v) is 8.27. The van der Waals surface area contributed by atoms with Crippen molar-refractivity contribution in [3.05, 3.63) is 65.0 Å². The first kappa shape index (κ1) is 19.5. The van der Waals surface area contributed by atoms with Gasteiger partial charge in [0, 0.05) is 37.3 Å². The zero-order chi connectivity index (χ0) is 19.4. The number of aldehydes is 1. The fourth-order valence-electron chi connectivity index (χ4n) is 3.12. The maximum Gasteiger partial charge on any atom is 0.282 e. The summed E-state index contributed by atoms with van der Waals surface area (Å²) < 4.78 is 47.2. The van der Waals surface area contributed by atoms with Crippen LogP contribution in [0.1, 0.15) is 27.9 Å². The van der Waals surface area contributed by atoms with Crippen LogP contribution in [-0.4, -0.2) is 43.5 Å². The van der Waals surface area contributed by atoms with Gasteiger partial charge in [0.25, 0.3) is 10.2 Å². The fourth-order valence-corrected chi connectivity index (χ4v) is 4.78. The number of halogens is 1. The third kappa shape index (κ3) is 4.35. The van der Waals surface area contributed by atoms with E-state index in [4.69, 9.17) is 4.74 Å². The molecule has 0 radical (unpaired) electrons. The first-order valence-corrected chi connectivity index (χ1v) is 9.95. The number of methoxy groups -OCH3 is 1. The molecule has 27 heavy (non-hydrogen) atoms. The largest absolute Gasteiger partial charge is 0.496 e. The molecule has 2 aromatic carbocycles. The van der Waals surface area contributed by atoms with Crippen LogP contribution in [0, 0.1) is 5.82 Å². The molecule has 0 aromatic heterocycles. The monoisotopic (exact) mass is 392 g/mol. The molecule has 0 bridgehead atoms. The Bertz CT molecular complexity index is 916. The van der Waals surface area contributed by atoms with Crippen LogP contribution in [0.3, 0.4) is 0 Å². The van der Waals surface area contributed by atoms with Crippen molar-refractivity contribution in [3.8, 4) is 5.75 Å². The van der Waals surface area contributed by atoms with E-state index in [0.29, 0.717) is 42.7 Å². The lowest BCUT2D eigenvalue weighted by molar-refractivity contribution is 0.112. The lowest BCUT2D eigenvalue weighted by Crippen LogP contribution is -2.48. The number of carbonyl (C=O) groups is 1. The highest BCUT2D eigenvalue weighted by molar-refractivity contribution is 7.86. The molecule has 0 N–H and O–H groups in total. The van der Waals surface area contributed by atoms with Crippen molar-refractivity contribution in [1.82, 2.24) is 8.61 Å². The van der Waals surface area contributed by atoms with Gasteiger partial charge < -0.3 is 4.74 Å². The Labute approximate surface area is 158 Å². The SMILES string of the molecule is COc1ccc(C=O)cc1CN1CCCN(Cc2ccc(F)cc2)S1(=O)=O. The topological polar surface area (TPSA) is 66.9 Å². The van der Waals surface area contributed by atoms with Gasteiger partial charge in [0.15, 0.2) is 0 Å². The van der Waals surface area contributed by atoms with Crippen LogP contribution in [0.5, 0.6) is 5.75 Å². The van der Waals surface area contributed by atoms with Crippen LogP contribution in [0.15, 0.2) is 42.5 Å². The van der Waals surface area contributed by atoms with E-state index in [0.717, 1.165) is 5.56 Å². The summed E-state index contributed by atoms with van der Waals surface area (Å²) in [6.07, 6.45) is 1.39. The van der Waals surface area contributed by atoms with Crippen molar-refractivity contribution in [1.29, 1.82) is 0 Å². The molecule has 1 fully saturated rings. The Morgan fingerprint density at radius 3 is 2.37 bits per heavy atom. The molecule has 3 rings (SSSR count). The van der Waals surface area contributed by atoms with E-state index < -0.39 is 10.2 Å². The van der Waals surface area contributed by atoms with Crippen molar-refractivity contribution in [2.75, 3.05) is 20.2 Å². The first-order chi connectivity index (χ1) is 12.9. The number of hydrogen-bond donors (Lipinski definition) is 0. The van der Waals surface area contributed by atoms with Crippen molar-refractivity contribution in [2.24, 2.45) is 0 Å². The molecule has 0 aliphatic carbocycles. The summed E-state index contributed by atoms with van der Waals surface area (Å²) in [6, 6.07) is 10.7. The maximum atomic E-state index is 13.1. The molecule has 2 aromatic rings. The number of carbonyl (C=O) groups excluding carboxylic acids is 1. The predicted molar refractivity (Wildman–Crippen MR) is 99.1 cm³/mol. The van der Waals surface area contributed by atoms with Crippen LogP contribution in [0.4, 0.5) is 4.39 Å². The minimum absolute atomic E-state index is 0.118. The predicted octanol–water partition coefficient (Wildman–Crippen LogP) is 2.60. The molecule has 6 nitrogen and oxygen atoms in total. The molecule has 0 unspecified atom stereocenters. The minimum Gasteiger partial charge on any atom is -0.496 e. The van der Waals surface area contributed by atoms with Crippen LogP contribution >= 0.6 is 0 Å². The highest BCUT2D eigenvalue weighted by Crippen LogP contribution is 2.26. The van der Waals surface area contributed by atoms with Crippen LogP contribution < -0.4 is 4.74 Å². The Kier molecular flexibility index (Phi) is 5.88. The number of rotatable bonds is 6. The first-order valence-electron chi connectivity index (χ1n) is 8.56. The molecule has 1 heterocycles. The standard InChI is InChI=1S/C19H21FN2O4S/c1-26-19-8-5-16(14-23)11-17(19)13-22-10-2-9-21(27(22,24)25)12-15-3-6-18(20)7-4-15/h3-8,11,14H,2,9-10,12-13H2,1H3. The maximum absolute atomic E-state index is 13.1. The van der Waals surface area contributed by atoms with Gasteiger partial charge in [-0.25, -0.2) is 4.39 Å². The van der Waals surface area contributed by atoms with E-state index in [-0.39, 0.29) is 18.9 Å². The summed E-state index contributed by atoms with van der Waals surface area (Å²) in [5.41, 5.74) is 1.82. The Hall–Kier alpha value is -2.29. The van der Waals surface area contributed by atoms with Gasteiger partial charge in [-0.3, -0.25) is 4.79 Å². The van der Waals surface area contributed by atoms with Gasteiger partial charge >= 0.3 is 0 Å². The van der Waals surface area contributed by atoms with E-state index >= 15 is 0 Å². The second kappa shape index (κ2) is 8.16. The van der Waals surface area contributed by atoms with Crippen molar-refractivity contribution < 1.29 is 22.3 Å². The molecule has 0 saturated carbocycles. The summed E-state index contributed by atoms with van der Waals surface area (Å²) in [5.74, 6) is 0.176. The molecular formula is C19H21FN2O4S. The molecule has 1 aliphatic rings. The zero-order valence-electron chi connectivity index (χ0n) is 15.0. The molecule has 0 amide bonds. The molecule has 0 atom stereocenters. The number of hydrogen-bond acceptors (Lipinski definition) is 4. The van der Waals surface area contributed by atoms with E-state index in [1.807, 2.05) is 0 Å². The van der Waals surface area contributed by atoms with E-state index in [1.54, 1.807) is 30.3 Å². The summed E-state index contributed by atoms with van der Waals surface area (Å²) in [5, 5.41) is 0. The summed E-state index contributed by atoms with van der Waals surface area (Å²) in [4.78, 5) is 11.0. The molecule has 1 saturated heterocycles. The van der Waals surface area contributed by atoms with Crippen molar-refractivity contribution in [3.63, 3.8) is 0 Å². The third-order valence-corrected chi connectivity index (χ3v) is 6.46. The average Bonchev–Trinajstić information content (AvgIpc) is 2.66. The smallest absolute Gasteiger partial charge is 0.282 e. The van der Waals surface area contributed by atoms with Gasteiger partial charge in [0.1, 0.15) is 17.9 Å². The Morgan fingerprint density at radius 2 is 1.74 bits per heavy atom. The molecule has 144 valence electrons. The molecular weight excluding hydrogens is 371 g/mol. The summed E-state index contributed by atoms with van der Waals surface area (Å²) in [7, 11) is -2.18. The Balaban J connectivity index is 1.82. The van der Waals surface area contributed by atoms with E-state index in [1.165, 1.54) is 27.9 Å². The summed E-state index contributed by atoms with van der Waals surface area (Å²) in [6.45, 7) is 1.09. The normalized spacial score (nSPS) is 17.6. The highest BCUT2D eigenvalue weighted by atomic mass is 32.2. The Morgan fingerprint density at radius 1 is 1.07 bits per heavy atom. The van der Waals surface area contributed by atoms with Gasteiger partial charge in [-0.2, -0.15) is 17.0 Å². The number of benzene rings is 2. The average molecular weight is 392 g/mol. The zero-order valence-corrected chi connectivity index (χ0v) is 15.8. The van der Waals surface area contributed by atoms with Crippen LogP contribution in [0.2, 0.25) is 0 Å². The van der Waals surface area contributed by atoms with Gasteiger partial charge in [-0.15, -0.1) is 0 Å².